The molecule has 0 amide bonds. The van der Waals surface area contributed by atoms with Crippen molar-refractivity contribution in [3.05, 3.63) is 54.1 Å². The number of para-hydroxylation sites is 1. The summed E-state index contributed by atoms with van der Waals surface area (Å²) in [4.78, 5) is 1.82. The SMILES string of the molecule is Cc1ccccc1OS(=O)(=O)c1ccc(N2CCNC2O)cc1. The summed E-state index contributed by atoms with van der Waals surface area (Å²) in [7, 11) is -3.89. The first kappa shape index (κ1) is 15.8. The van der Waals surface area contributed by atoms with Crippen LogP contribution in [0, 0.1) is 6.92 Å². The highest BCUT2D eigenvalue weighted by molar-refractivity contribution is 7.87. The molecular weight excluding hydrogens is 316 g/mol. The Morgan fingerprint density at radius 3 is 2.48 bits per heavy atom. The van der Waals surface area contributed by atoms with E-state index in [0.717, 1.165) is 11.3 Å². The summed E-state index contributed by atoms with van der Waals surface area (Å²) in [5.41, 5.74) is 1.50. The summed E-state index contributed by atoms with van der Waals surface area (Å²) < 4.78 is 29.9. The minimum absolute atomic E-state index is 0.0751. The Morgan fingerprint density at radius 1 is 1.17 bits per heavy atom. The van der Waals surface area contributed by atoms with Crippen LogP contribution in [0.15, 0.2) is 53.4 Å². The van der Waals surface area contributed by atoms with E-state index in [1.54, 1.807) is 42.2 Å². The third kappa shape index (κ3) is 3.31. The lowest BCUT2D eigenvalue weighted by Crippen LogP contribution is -2.35. The molecule has 0 aliphatic carbocycles. The predicted octanol–water partition coefficient (Wildman–Crippen LogP) is 1.45. The van der Waals surface area contributed by atoms with Gasteiger partial charge in [-0.25, -0.2) is 0 Å². The molecule has 7 heteroatoms. The van der Waals surface area contributed by atoms with Crippen molar-refractivity contribution in [3.8, 4) is 5.75 Å². The smallest absolute Gasteiger partial charge is 0.339 e. The van der Waals surface area contributed by atoms with E-state index in [2.05, 4.69) is 5.32 Å². The summed E-state index contributed by atoms with van der Waals surface area (Å²) >= 11 is 0. The lowest BCUT2D eigenvalue weighted by atomic mass is 10.2. The van der Waals surface area contributed by atoms with Crippen molar-refractivity contribution >= 4 is 15.8 Å². The molecule has 2 aromatic carbocycles. The first-order valence-corrected chi connectivity index (χ1v) is 8.66. The largest absolute Gasteiger partial charge is 0.379 e. The third-order valence-electron chi connectivity index (χ3n) is 3.72. The Labute approximate surface area is 135 Å². The molecule has 1 heterocycles. The Kier molecular flexibility index (Phi) is 4.25. The van der Waals surface area contributed by atoms with Crippen LogP contribution in [-0.2, 0) is 10.1 Å². The van der Waals surface area contributed by atoms with Crippen LogP contribution in [0.3, 0.4) is 0 Å². The van der Waals surface area contributed by atoms with Crippen LogP contribution in [0.25, 0.3) is 0 Å². The van der Waals surface area contributed by atoms with Crippen molar-refractivity contribution in [1.82, 2.24) is 5.32 Å². The lowest BCUT2D eigenvalue weighted by molar-refractivity contribution is 0.163. The monoisotopic (exact) mass is 334 g/mol. The van der Waals surface area contributed by atoms with Crippen molar-refractivity contribution in [2.75, 3.05) is 18.0 Å². The quantitative estimate of drug-likeness (QED) is 0.824. The van der Waals surface area contributed by atoms with Gasteiger partial charge in [0, 0.05) is 18.8 Å². The molecule has 1 aliphatic heterocycles. The van der Waals surface area contributed by atoms with Gasteiger partial charge in [-0.1, -0.05) is 18.2 Å². The first-order valence-electron chi connectivity index (χ1n) is 7.26. The summed E-state index contributed by atoms with van der Waals surface area (Å²) in [6.07, 6.45) is -0.749. The van der Waals surface area contributed by atoms with E-state index in [1.165, 1.54) is 12.1 Å². The average Bonchev–Trinajstić information content (AvgIpc) is 2.96. The van der Waals surface area contributed by atoms with Crippen molar-refractivity contribution < 1.29 is 17.7 Å². The number of rotatable bonds is 4. The van der Waals surface area contributed by atoms with Crippen LogP contribution in [-0.4, -0.2) is 33.0 Å². The fraction of sp³-hybridized carbons (Fsp3) is 0.250. The summed E-state index contributed by atoms with van der Waals surface area (Å²) in [5.74, 6) is 0.316. The zero-order chi connectivity index (χ0) is 16.4. The molecule has 0 spiro atoms. The maximum atomic E-state index is 12.4. The fourth-order valence-electron chi connectivity index (χ4n) is 2.44. The standard InChI is InChI=1S/C16H18N2O4S/c1-12-4-2-3-5-15(12)22-23(20,21)14-8-6-13(7-9-14)18-11-10-17-16(18)19/h2-9,16-17,19H,10-11H2,1H3. The number of nitrogens with one attached hydrogen (secondary N) is 1. The number of aliphatic hydroxyl groups excluding tert-OH is 1. The number of benzene rings is 2. The van der Waals surface area contributed by atoms with Crippen molar-refractivity contribution in [2.45, 2.75) is 18.2 Å². The maximum absolute atomic E-state index is 12.4. The normalized spacial score (nSPS) is 18.2. The van der Waals surface area contributed by atoms with Crippen LogP contribution < -0.4 is 14.4 Å². The Morgan fingerprint density at radius 2 is 1.87 bits per heavy atom. The summed E-state index contributed by atoms with van der Waals surface area (Å²) in [5, 5.41) is 12.7. The van der Waals surface area contributed by atoms with Gasteiger partial charge < -0.3 is 14.2 Å². The molecule has 0 bridgehead atoms. The number of nitrogens with zero attached hydrogens (tertiary/aromatic N) is 1. The first-order chi connectivity index (χ1) is 11.0. The molecule has 1 unspecified atom stereocenters. The second kappa shape index (κ2) is 6.19. The highest BCUT2D eigenvalue weighted by Gasteiger charge is 2.23. The number of aryl methyl sites for hydroxylation is 1. The van der Waals surface area contributed by atoms with E-state index in [4.69, 9.17) is 4.18 Å². The fourth-order valence-corrected chi connectivity index (χ4v) is 3.43. The molecule has 0 saturated carbocycles. The number of hydrogen-bond acceptors (Lipinski definition) is 6. The van der Waals surface area contributed by atoms with Gasteiger partial charge in [0.25, 0.3) is 0 Å². The highest BCUT2D eigenvalue weighted by atomic mass is 32.2. The van der Waals surface area contributed by atoms with E-state index in [9.17, 15) is 13.5 Å². The van der Waals surface area contributed by atoms with Gasteiger partial charge in [-0.05, 0) is 42.8 Å². The molecule has 0 aromatic heterocycles. The molecule has 2 N–H and O–H groups in total. The molecule has 122 valence electrons. The van der Waals surface area contributed by atoms with Crippen LogP contribution >= 0.6 is 0 Å². The predicted molar refractivity (Wildman–Crippen MR) is 86.8 cm³/mol. The van der Waals surface area contributed by atoms with Gasteiger partial charge in [-0.15, -0.1) is 0 Å². The van der Waals surface area contributed by atoms with E-state index in [-0.39, 0.29) is 4.90 Å². The molecule has 1 atom stereocenters. The molecule has 23 heavy (non-hydrogen) atoms. The van der Waals surface area contributed by atoms with Gasteiger partial charge in [0.15, 0.2) is 6.35 Å². The van der Waals surface area contributed by atoms with Gasteiger partial charge in [-0.3, -0.25) is 5.32 Å². The van der Waals surface area contributed by atoms with E-state index < -0.39 is 16.5 Å². The zero-order valence-electron chi connectivity index (χ0n) is 12.6. The van der Waals surface area contributed by atoms with E-state index >= 15 is 0 Å². The Balaban J connectivity index is 1.82. The number of aliphatic hydroxyl groups is 1. The van der Waals surface area contributed by atoms with E-state index in [1.807, 2.05) is 6.07 Å². The topological polar surface area (TPSA) is 78.9 Å². The number of anilines is 1. The Hall–Kier alpha value is -2.09. The van der Waals surface area contributed by atoms with Gasteiger partial charge in [0.05, 0.1) is 0 Å². The van der Waals surface area contributed by atoms with Gasteiger partial charge >= 0.3 is 10.1 Å². The third-order valence-corrected chi connectivity index (χ3v) is 4.97. The molecule has 6 nitrogen and oxygen atoms in total. The van der Waals surface area contributed by atoms with Crippen LogP contribution in [0.4, 0.5) is 5.69 Å². The summed E-state index contributed by atoms with van der Waals surface area (Å²) in [6, 6.07) is 13.2. The zero-order valence-corrected chi connectivity index (χ0v) is 13.5. The molecular formula is C16H18N2O4S. The van der Waals surface area contributed by atoms with Crippen LogP contribution in [0.2, 0.25) is 0 Å². The van der Waals surface area contributed by atoms with Gasteiger partial charge in [0.1, 0.15) is 10.6 Å². The molecule has 1 fully saturated rings. The van der Waals surface area contributed by atoms with Crippen LogP contribution in [0.5, 0.6) is 5.75 Å². The summed E-state index contributed by atoms with van der Waals surface area (Å²) in [6.45, 7) is 3.13. The molecule has 3 rings (SSSR count). The second-order valence-corrected chi connectivity index (χ2v) is 6.86. The van der Waals surface area contributed by atoms with Crippen molar-refractivity contribution in [2.24, 2.45) is 0 Å². The van der Waals surface area contributed by atoms with Crippen molar-refractivity contribution in [3.63, 3.8) is 0 Å². The minimum atomic E-state index is -3.89. The second-order valence-electron chi connectivity index (χ2n) is 5.32. The van der Waals surface area contributed by atoms with E-state index in [0.29, 0.717) is 18.8 Å². The highest BCUT2D eigenvalue weighted by Crippen LogP contribution is 2.24. The number of hydrogen-bond donors (Lipinski definition) is 2. The average molecular weight is 334 g/mol. The van der Waals surface area contributed by atoms with Gasteiger partial charge in [-0.2, -0.15) is 8.42 Å². The minimum Gasteiger partial charge on any atom is -0.379 e. The lowest BCUT2D eigenvalue weighted by Gasteiger charge is -2.21. The molecule has 0 radical (unpaired) electrons. The molecule has 2 aromatic rings. The van der Waals surface area contributed by atoms with Crippen molar-refractivity contribution in [1.29, 1.82) is 0 Å². The van der Waals surface area contributed by atoms with Crippen LogP contribution in [0.1, 0.15) is 5.56 Å². The molecule has 1 saturated heterocycles. The Bertz CT molecular complexity index is 790. The van der Waals surface area contributed by atoms with Gasteiger partial charge in [0.2, 0.25) is 0 Å². The maximum Gasteiger partial charge on any atom is 0.339 e. The molecule has 1 aliphatic rings.